The minimum atomic E-state index is 0.0827. The van der Waals surface area contributed by atoms with Crippen LogP contribution in [0.15, 0.2) is 10.5 Å². The van der Waals surface area contributed by atoms with Crippen LogP contribution < -0.4 is 10.6 Å². The Morgan fingerprint density at radius 3 is 2.35 bits per heavy atom. The van der Waals surface area contributed by atoms with E-state index in [1.807, 2.05) is 13.8 Å². The summed E-state index contributed by atoms with van der Waals surface area (Å²) in [7, 11) is 0. The molecule has 2 N–H and O–H groups in total. The maximum Gasteiger partial charge on any atom is 0.217 e. The lowest BCUT2D eigenvalue weighted by atomic mass is 9.90. The Balaban J connectivity index is 1.83. The zero-order valence-electron chi connectivity index (χ0n) is 13.0. The summed E-state index contributed by atoms with van der Waals surface area (Å²) in [6.45, 7) is 7.80. The topological polar surface area (TPSA) is 54.3 Å². The van der Waals surface area contributed by atoms with Crippen LogP contribution in [-0.4, -0.2) is 18.0 Å². The minimum Gasteiger partial charge on any atom is -0.466 e. The summed E-state index contributed by atoms with van der Waals surface area (Å²) in [6, 6.07) is 3.33. The largest absolute Gasteiger partial charge is 0.466 e. The molecule has 112 valence electrons. The monoisotopic (exact) mass is 278 g/mol. The Morgan fingerprint density at radius 2 is 1.85 bits per heavy atom. The van der Waals surface area contributed by atoms with Gasteiger partial charge in [-0.3, -0.25) is 4.79 Å². The highest BCUT2D eigenvalue weighted by atomic mass is 16.3. The van der Waals surface area contributed by atoms with E-state index < -0.39 is 0 Å². The van der Waals surface area contributed by atoms with Gasteiger partial charge >= 0.3 is 0 Å². The van der Waals surface area contributed by atoms with Crippen molar-refractivity contribution in [2.24, 2.45) is 0 Å². The fraction of sp³-hybridized carbons (Fsp3) is 0.688. The Labute approximate surface area is 121 Å². The smallest absolute Gasteiger partial charge is 0.217 e. The van der Waals surface area contributed by atoms with Crippen LogP contribution >= 0.6 is 0 Å². The number of hydrogen-bond acceptors (Lipinski definition) is 3. The summed E-state index contributed by atoms with van der Waals surface area (Å²) in [5.41, 5.74) is 1.26. The molecule has 1 amide bonds. The van der Waals surface area contributed by atoms with Crippen LogP contribution in [0.2, 0.25) is 0 Å². The summed E-state index contributed by atoms with van der Waals surface area (Å²) in [4.78, 5) is 11.1. The highest BCUT2D eigenvalue weighted by molar-refractivity contribution is 5.73. The van der Waals surface area contributed by atoms with E-state index in [9.17, 15) is 4.79 Å². The van der Waals surface area contributed by atoms with Crippen LogP contribution in [0.5, 0.6) is 0 Å². The number of rotatable bonds is 4. The average Bonchev–Trinajstić information content (AvgIpc) is 2.70. The molecule has 1 unspecified atom stereocenters. The number of furan rings is 1. The summed E-state index contributed by atoms with van der Waals surface area (Å²) in [6.07, 6.45) is 4.36. The number of nitrogens with one attached hydrogen (secondary N) is 2. The number of carbonyl (C=O) groups is 1. The maximum atomic E-state index is 11.1. The molecule has 1 aromatic rings. The third-order valence-corrected chi connectivity index (χ3v) is 4.17. The summed E-state index contributed by atoms with van der Waals surface area (Å²) in [5.74, 6) is 2.06. The quantitative estimate of drug-likeness (QED) is 0.890. The first-order valence-electron chi connectivity index (χ1n) is 7.55. The molecule has 0 radical (unpaired) electrons. The second-order valence-electron chi connectivity index (χ2n) is 6.01. The van der Waals surface area contributed by atoms with Crippen molar-refractivity contribution in [2.75, 3.05) is 0 Å². The van der Waals surface area contributed by atoms with Gasteiger partial charge in [-0.2, -0.15) is 0 Å². The average molecular weight is 278 g/mol. The minimum absolute atomic E-state index is 0.0827. The molecular formula is C16H26N2O2. The van der Waals surface area contributed by atoms with Crippen molar-refractivity contribution in [1.82, 2.24) is 10.6 Å². The predicted molar refractivity (Wildman–Crippen MR) is 79.6 cm³/mol. The highest BCUT2D eigenvalue weighted by Gasteiger charge is 2.23. The van der Waals surface area contributed by atoms with Crippen molar-refractivity contribution in [3.05, 3.63) is 23.2 Å². The van der Waals surface area contributed by atoms with Gasteiger partial charge in [0, 0.05) is 30.6 Å². The van der Waals surface area contributed by atoms with Gasteiger partial charge < -0.3 is 15.1 Å². The van der Waals surface area contributed by atoms with Crippen LogP contribution in [0, 0.1) is 13.8 Å². The number of carbonyl (C=O) groups excluding carboxylic acids is 1. The molecular weight excluding hydrogens is 252 g/mol. The molecule has 1 aliphatic rings. The van der Waals surface area contributed by atoms with E-state index in [4.69, 9.17) is 4.42 Å². The van der Waals surface area contributed by atoms with Gasteiger partial charge in [0.05, 0.1) is 0 Å². The van der Waals surface area contributed by atoms with E-state index in [0.717, 1.165) is 37.2 Å². The van der Waals surface area contributed by atoms with Gasteiger partial charge in [0.15, 0.2) is 0 Å². The zero-order chi connectivity index (χ0) is 14.7. The fourth-order valence-corrected chi connectivity index (χ4v) is 3.22. The SMILES string of the molecule is CC(=O)NC1CCC(NC(C)c2cc(C)oc2C)CC1. The van der Waals surface area contributed by atoms with E-state index in [-0.39, 0.29) is 5.91 Å². The second kappa shape index (κ2) is 6.44. The lowest BCUT2D eigenvalue weighted by Crippen LogP contribution is -2.42. The molecule has 0 aromatic carbocycles. The van der Waals surface area contributed by atoms with Crippen molar-refractivity contribution in [3.63, 3.8) is 0 Å². The van der Waals surface area contributed by atoms with E-state index in [2.05, 4.69) is 23.6 Å². The zero-order valence-corrected chi connectivity index (χ0v) is 13.0. The molecule has 4 nitrogen and oxygen atoms in total. The van der Waals surface area contributed by atoms with E-state index >= 15 is 0 Å². The number of hydrogen-bond donors (Lipinski definition) is 2. The summed E-state index contributed by atoms with van der Waals surface area (Å²) in [5, 5.41) is 6.71. The van der Waals surface area contributed by atoms with E-state index in [1.165, 1.54) is 5.56 Å². The van der Waals surface area contributed by atoms with Gasteiger partial charge in [-0.05, 0) is 52.5 Å². The maximum absolute atomic E-state index is 11.1. The lowest BCUT2D eigenvalue weighted by Gasteiger charge is -2.31. The van der Waals surface area contributed by atoms with E-state index in [0.29, 0.717) is 18.1 Å². The summed E-state index contributed by atoms with van der Waals surface area (Å²) < 4.78 is 5.60. The van der Waals surface area contributed by atoms with Gasteiger partial charge in [-0.1, -0.05) is 0 Å². The normalized spacial score (nSPS) is 24.4. The second-order valence-corrected chi connectivity index (χ2v) is 6.01. The molecule has 0 bridgehead atoms. The first-order valence-corrected chi connectivity index (χ1v) is 7.55. The van der Waals surface area contributed by atoms with Crippen LogP contribution in [-0.2, 0) is 4.79 Å². The first-order chi connectivity index (χ1) is 9.45. The number of amides is 1. The molecule has 1 aromatic heterocycles. The van der Waals surface area contributed by atoms with Crippen molar-refractivity contribution in [1.29, 1.82) is 0 Å². The molecule has 4 heteroatoms. The first kappa shape index (κ1) is 15.1. The van der Waals surface area contributed by atoms with Crippen LogP contribution in [0.25, 0.3) is 0 Å². The molecule has 0 spiro atoms. The van der Waals surface area contributed by atoms with Crippen LogP contribution in [0.1, 0.15) is 62.7 Å². The Bertz CT molecular complexity index is 459. The Morgan fingerprint density at radius 1 is 1.25 bits per heavy atom. The molecule has 2 rings (SSSR count). The van der Waals surface area contributed by atoms with Gasteiger partial charge in [-0.15, -0.1) is 0 Å². The van der Waals surface area contributed by atoms with Crippen molar-refractivity contribution < 1.29 is 9.21 Å². The molecule has 0 aliphatic heterocycles. The highest BCUT2D eigenvalue weighted by Crippen LogP contribution is 2.25. The van der Waals surface area contributed by atoms with Crippen LogP contribution in [0.4, 0.5) is 0 Å². The summed E-state index contributed by atoms with van der Waals surface area (Å²) >= 11 is 0. The number of aryl methyl sites for hydroxylation is 2. The fourth-order valence-electron chi connectivity index (χ4n) is 3.22. The van der Waals surface area contributed by atoms with Gasteiger partial charge in [0.2, 0.25) is 5.91 Å². The molecule has 1 aliphatic carbocycles. The predicted octanol–water partition coefficient (Wildman–Crippen LogP) is 2.99. The van der Waals surface area contributed by atoms with Gasteiger partial charge in [0.1, 0.15) is 11.5 Å². The van der Waals surface area contributed by atoms with Crippen molar-refractivity contribution in [3.8, 4) is 0 Å². The Kier molecular flexibility index (Phi) is 4.86. The molecule has 1 heterocycles. The van der Waals surface area contributed by atoms with Gasteiger partial charge in [0.25, 0.3) is 0 Å². The Hall–Kier alpha value is -1.29. The van der Waals surface area contributed by atoms with Crippen molar-refractivity contribution >= 4 is 5.91 Å². The lowest BCUT2D eigenvalue weighted by molar-refractivity contribution is -0.119. The third kappa shape index (κ3) is 3.85. The standard InChI is InChI=1S/C16H26N2O2/c1-10-9-16(12(3)20-10)11(2)17-14-5-7-15(8-6-14)18-13(4)19/h9,11,14-15,17H,5-8H2,1-4H3,(H,18,19). The molecule has 20 heavy (non-hydrogen) atoms. The molecule has 0 saturated heterocycles. The van der Waals surface area contributed by atoms with Gasteiger partial charge in [-0.25, -0.2) is 0 Å². The third-order valence-electron chi connectivity index (χ3n) is 4.17. The van der Waals surface area contributed by atoms with Crippen LogP contribution in [0.3, 0.4) is 0 Å². The molecule has 1 fully saturated rings. The van der Waals surface area contributed by atoms with E-state index in [1.54, 1.807) is 6.92 Å². The molecule has 1 atom stereocenters. The van der Waals surface area contributed by atoms with Crippen molar-refractivity contribution in [2.45, 2.75) is 71.5 Å². The molecule has 1 saturated carbocycles.